The number of halogens is 1. The third kappa shape index (κ3) is 22.2. The Morgan fingerprint density at radius 2 is 0.962 bits per heavy atom. The molecular formula is C23H46IO2-. The number of ether oxygens (including phenoxy) is 1. The fourth-order valence-electron chi connectivity index (χ4n) is 3.34. The van der Waals surface area contributed by atoms with E-state index in [1.807, 2.05) is 0 Å². The van der Waals surface area contributed by atoms with Crippen LogP contribution in [-0.2, 0) is 9.53 Å². The Morgan fingerprint density at radius 3 is 1.31 bits per heavy atom. The summed E-state index contributed by atoms with van der Waals surface area (Å²) in [7, 11) is 0. The Labute approximate surface area is 174 Å². The summed E-state index contributed by atoms with van der Waals surface area (Å²) >= 11 is 0.0435. The first-order valence-electron chi connectivity index (χ1n) is 11.4. The quantitative estimate of drug-likeness (QED) is 0.106. The molecule has 0 atom stereocenters. The molecule has 0 unspecified atom stereocenters. The number of rotatable bonds is 21. The van der Waals surface area contributed by atoms with Crippen molar-refractivity contribution in [3.8, 4) is 0 Å². The SMILES string of the molecule is CCCCCCCCCCCCCCCCCCCCOC(=O)C[I-]C. The molecule has 0 aliphatic rings. The zero-order valence-electron chi connectivity index (χ0n) is 17.8. The van der Waals surface area contributed by atoms with Gasteiger partial charge in [0.25, 0.3) is 0 Å². The number of alkyl halides is 2. The molecule has 158 valence electrons. The van der Waals surface area contributed by atoms with E-state index in [4.69, 9.17) is 4.74 Å². The molecule has 0 N–H and O–H groups in total. The van der Waals surface area contributed by atoms with Crippen molar-refractivity contribution in [3.05, 3.63) is 0 Å². The maximum atomic E-state index is 11.2. The molecule has 0 aliphatic carbocycles. The van der Waals surface area contributed by atoms with Crippen molar-refractivity contribution in [3.63, 3.8) is 0 Å². The van der Waals surface area contributed by atoms with E-state index in [9.17, 15) is 4.79 Å². The number of hydrogen-bond acceptors (Lipinski definition) is 2. The van der Waals surface area contributed by atoms with Gasteiger partial charge in [0.2, 0.25) is 0 Å². The molecule has 0 amide bonds. The van der Waals surface area contributed by atoms with E-state index >= 15 is 0 Å². The van der Waals surface area contributed by atoms with Gasteiger partial charge in [0, 0.05) is 0 Å². The van der Waals surface area contributed by atoms with Crippen LogP contribution in [0.5, 0.6) is 0 Å². The molecule has 0 heterocycles. The van der Waals surface area contributed by atoms with Crippen LogP contribution in [0.3, 0.4) is 0 Å². The summed E-state index contributed by atoms with van der Waals surface area (Å²) < 4.78 is 5.88. The van der Waals surface area contributed by atoms with Gasteiger partial charge in [0.05, 0.1) is 0 Å². The van der Waals surface area contributed by atoms with Crippen LogP contribution < -0.4 is 21.2 Å². The van der Waals surface area contributed by atoms with Gasteiger partial charge in [-0.2, -0.15) is 0 Å². The van der Waals surface area contributed by atoms with Crippen LogP contribution in [0.25, 0.3) is 0 Å². The van der Waals surface area contributed by atoms with Crippen molar-refractivity contribution in [2.75, 3.05) is 16.0 Å². The van der Waals surface area contributed by atoms with E-state index in [-0.39, 0.29) is 27.2 Å². The summed E-state index contributed by atoms with van der Waals surface area (Å²) in [6.45, 7) is 2.93. The summed E-state index contributed by atoms with van der Waals surface area (Å²) in [4.78, 5) is 13.4. The van der Waals surface area contributed by atoms with Crippen molar-refractivity contribution in [2.24, 2.45) is 0 Å². The Balaban J connectivity index is 3.02. The van der Waals surface area contributed by atoms with Gasteiger partial charge < -0.3 is 0 Å². The second-order valence-electron chi connectivity index (χ2n) is 7.63. The molecule has 0 bridgehead atoms. The monoisotopic (exact) mass is 481 g/mol. The summed E-state index contributed by atoms with van der Waals surface area (Å²) in [6.07, 6.45) is 25.0. The van der Waals surface area contributed by atoms with Crippen LogP contribution in [0.2, 0.25) is 0 Å². The van der Waals surface area contributed by atoms with Crippen LogP contribution in [0.4, 0.5) is 0 Å². The number of unbranched alkanes of at least 4 members (excludes halogenated alkanes) is 17. The molecule has 2 nitrogen and oxygen atoms in total. The third-order valence-corrected chi connectivity index (χ3v) is 6.39. The van der Waals surface area contributed by atoms with Crippen molar-refractivity contribution >= 4 is 5.97 Å². The zero-order chi connectivity index (χ0) is 19.1. The second-order valence-corrected chi connectivity index (χ2v) is 9.92. The fourth-order valence-corrected chi connectivity index (χ4v) is 4.18. The molecule has 0 fully saturated rings. The van der Waals surface area contributed by atoms with Gasteiger partial charge in [-0.15, -0.1) is 0 Å². The Kier molecular flexibility index (Phi) is 23.4. The number of carbonyl (C=O) groups excluding carboxylic acids is 1. The van der Waals surface area contributed by atoms with E-state index in [1.54, 1.807) is 0 Å². The molecule has 0 saturated carbocycles. The maximum absolute atomic E-state index is 11.2. The summed E-state index contributed by atoms with van der Waals surface area (Å²) in [5, 5.41) is 0. The molecule has 0 spiro atoms. The van der Waals surface area contributed by atoms with Crippen LogP contribution in [0, 0.1) is 0 Å². The Bertz CT molecular complexity index is 281. The zero-order valence-corrected chi connectivity index (χ0v) is 20.0. The number of esters is 1. The van der Waals surface area contributed by atoms with Crippen molar-refractivity contribution in [2.45, 2.75) is 122 Å². The van der Waals surface area contributed by atoms with Crippen LogP contribution >= 0.6 is 0 Å². The van der Waals surface area contributed by atoms with E-state index < -0.39 is 0 Å². The summed E-state index contributed by atoms with van der Waals surface area (Å²) in [6, 6.07) is 0. The molecule has 26 heavy (non-hydrogen) atoms. The van der Waals surface area contributed by atoms with Crippen molar-refractivity contribution in [1.29, 1.82) is 0 Å². The average Bonchev–Trinajstić information content (AvgIpc) is 2.64. The number of carbonyl (C=O) groups is 1. The van der Waals surface area contributed by atoms with Gasteiger partial charge in [0.15, 0.2) is 0 Å². The first-order valence-corrected chi connectivity index (χ1v) is 15.1. The second kappa shape index (κ2) is 23.2. The molecule has 0 saturated heterocycles. The molecule has 0 aromatic carbocycles. The predicted octanol–water partition coefficient (Wildman–Crippen LogP) is 4.29. The Morgan fingerprint density at radius 1 is 0.615 bits per heavy atom. The average molecular weight is 482 g/mol. The van der Waals surface area contributed by atoms with E-state index in [2.05, 4.69) is 11.9 Å². The fraction of sp³-hybridized carbons (Fsp3) is 0.957. The molecule has 0 radical (unpaired) electrons. The normalized spacial score (nSPS) is 11.2. The summed E-state index contributed by atoms with van der Waals surface area (Å²) in [5.74, 6) is 0.0206. The summed E-state index contributed by atoms with van der Waals surface area (Å²) in [5.41, 5.74) is 0. The molecular weight excluding hydrogens is 435 g/mol. The number of hydrogen-bond donors (Lipinski definition) is 0. The minimum atomic E-state index is 0.0206. The van der Waals surface area contributed by atoms with Gasteiger partial charge in [-0.3, -0.25) is 0 Å². The predicted molar refractivity (Wildman–Crippen MR) is 111 cm³/mol. The van der Waals surface area contributed by atoms with Gasteiger partial charge >= 0.3 is 104 Å². The van der Waals surface area contributed by atoms with Gasteiger partial charge in [0.1, 0.15) is 0 Å². The van der Waals surface area contributed by atoms with Gasteiger partial charge in [-0.25, -0.2) is 0 Å². The first-order chi connectivity index (χ1) is 12.8. The molecule has 0 aliphatic heterocycles. The molecule has 0 rings (SSSR count). The van der Waals surface area contributed by atoms with Crippen molar-refractivity contribution in [1.82, 2.24) is 0 Å². The first kappa shape index (κ1) is 26.2. The van der Waals surface area contributed by atoms with E-state index in [1.165, 1.54) is 109 Å². The van der Waals surface area contributed by atoms with Gasteiger partial charge in [-0.1, -0.05) is 71.1 Å². The minimum absolute atomic E-state index is 0.0206. The van der Waals surface area contributed by atoms with Gasteiger partial charge in [-0.05, 0) is 0 Å². The molecule has 0 aromatic heterocycles. The standard InChI is InChI=1S/C23H46IO2/c1-3-4-5-6-7-8-9-10-11-12-13-14-15-16-17-18-19-20-21-26-23(25)22-24-2/h3-22H2,1-2H3/q-1. The van der Waals surface area contributed by atoms with Crippen LogP contribution in [0.1, 0.15) is 122 Å². The van der Waals surface area contributed by atoms with Crippen molar-refractivity contribution < 1.29 is 30.7 Å². The molecule has 0 aromatic rings. The Hall–Kier alpha value is 0.200. The van der Waals surface area contributed by atoms with Crippen LogP contribution in [0.15, 0.2) is 0 Å². The van der Waals surface area contributed by atoms with E-state index in [0.29, 0.717) is 11.0 Å². The molecule has 3 heteroatoms. The van der Waals surface area contributed by atoms with Crippen LogP contribution in [-0.4, -0.2) is 21.9 Å². The topological polar surface area (TPSA) is 26.3 Å². The van der Waals surface area contributed by atoms with E-state index in [0.717, 1.165) is 6.42 Å². The third-order valence-electron chi connectivity index (χ3n) is 5.00.